The van der Waals surface area contributed by atoms with Crippen LogP contribution in [0.4, 0.5) is 0 Å². The zero-order valence-electron chi connectivity index (χ0n) is 19.9. The maximum Gasteiger partial charge on any atom is 0.303 e. The Hall–Kier alpha value is 0.377. The summed E-state index contributed by atoms with van der Waals surface area (Å²) in [6, 6.07) is 0. The molecule has 178 valence electrons. The van der Waals surface area contributed by atoms with Crippen molar-refractivity contribution in [2.24, 2.45) is 0 Å². The van der Waals surface area contributed by atoms with E-state index in [0.29, 0.717) is 18.6 Å². The summed E-state index contributed by atoms with van der Waals surface area (Å²) in [4.78, 5) is 10.3. The summed E-state index contributed by atoms with van der Waals surface area (Å²) in [5, 5.41) is 8.51. The van der Waals surface area contributed by atoms with Crippen LogP contribution in [0, 0.1) is 0 Å². The van der Waals surface area contributed by atoms with Gasteiger partial charge < -0.3 is 5.11 Å². The van der Waals surface area contributed by atoms with Gasteiger partial charge in [0.2, 0.25) is 0 Å². The third-order valence-corrected chi connectivity index (χ3v) is 5.99. The zero-order chi connectivity index (χ0) is 22.2. The van der Waals surface area contributed by atoms with Crippen LogP contribution >= 0.6 is 0 Å². The minimum Gasteiger partial charge on any atom is -0.481 e. The predicted molar refractivity (Wildman–Crippen MR) is 129 cm³/mol. The molecule has 0 aromatic heterocycles. The van der Waals surface area contributed by atoms with Gasteiger partial charge in [0, 0.05) is 6.42 Å². The summed E-state index contributed by atoms with van der Waals surface area (Å²) in [7, 11) is 0. The first kappa shape index (κ1) is 35.0. The number of rotatable bonds is 19. The van der Waals surface area contributed by atoms with Gasteiger partial charge in [-0.25, -0.2) is 0 Å². The smallest absolute Gasteiger partial charge is 0.303 e. The van der Waals surface area contributed by atoms with E-state index >= 15 is 0 Å². The summed E-state index contributed by atoms with van der Waals surface area (Å²) in [5.74, 6) is -0.664. The minimum absolute atomic E-state index is 0. The summed E-state index contributed by atoms with van der Waals surface area (Å²) in [6.07, 6.45) is 21.9. The van der Waals surface area contributed by atoms with Gasteiger partial charge in [-0.2, -0.15) is 0 Å². The molecule has 0 radical (unpaired) electrons. The molecule has 0 heterocycles. The normalized spacial score (nSPS) is 10.8. The van der Waals surface area contributed by atoms with Gasteiger partial charge in [0.15, 0.2) is 17.4 Å². The van der Waals surface area contributed by atoms with E-state index in [4.69, 9.17) is 11.7 Å². The number of carboxylic acids is 1. The molecular weight excluding hydrogens is 427 g/mol. The second-order valence-electron chi connectivity index (χ2n) is 8.14. The van der Waals surface area contributed by atoms with E-state index in [-0.39, 0.29) is 17.4 Å². The van der Waals surface area contributed by atoms with Crippen LogP contribution in [-0.4, -0.2) is 40.6 Å². The zero-order valence-corrected chi connectivity index (χ0v) is 21.4. The fourth-order valence-corrected chi connectivity index (χ4v) is 3.25. The van der Waals surface area contributed by atoms with Crippen LogP contribution < -0.4 is 0 Å². The maximum atomic E-state index is 10.3. The number of hydrogen-bond acceptors (Lipinski definition) is 3. The van der Waals surface area contributed by atoms with Gasteiger partial charge in [-0.05, 0) is 32.1 Å². The van der Waals surface area contributed by atoms with Crippen LogP contribution in [-0.2, 0) is 31.4 Å². The molecule has 30 heavy (non-hydrogen) atoms. The average Bonchev–Trinajstić information content (AvgIpc) is 2.64. The minimum atomic E-state index is -0.664. The molecule has 1 N–H and O–H groups in total. The summed E-state index contributed by atoms with van der Waals surface area (Å²) in [5.41, 5.74) is 0. The third kappa shape index (κ3) is 38.9. The fraction of sp³-hybridized carbons (Fsp3) is 0.875. The molecule has 0 aliphatic heterocycles. The molecule has 4 nitrogen and oxygen atoms in total. The SMILES string of the molecule is CC(C)[O][Ti][O]C(C)C.CCCCCCCC/C=C\CCCCCCCC(=O)O.[AlH3]. The summed E-state index contributed by atoms with van der Waals surface area (Å²) in [6.45, 7) is 10.3. The van der Waals surface area contributed by atoms with E-state index in [1.54, 1.807) is 0 Å². The molecule has 0 aliphatic carbocycles. The standard InChI is InChI=1S/C18H34O2.2C3H7O.Al.Ti.3H/c1-2-3-4-5-6-7-8-9-10-11-12-13-14-15-16-17-18(19)20;2*1-3(2)4;;;;;/h9-10H,2-8,11-17H2,1H3,(H,19,20);2*3H,1-2H3;;;;;/q;2*-1;;+2;;;/b10-9-;;;;;;;. The van der Waals surface area contributed by atoms with Crippen LogP contribution in [0.2, 0.25) is 0 Å². The molecule has 6 heteroatoms. The van der Waals surface area contributed by atoms with Gasteiger partial charge in [-0.15, -0.1) is 0 Å². The van der Waals surface area contributed by atoms with Crippen molar-refractivity contribution in [2.45, 2.75) is 137 Å². The van der Waals surface area contributed by atoms with E-state index in [2.05, 4.69) is 19.1 Å². The van der Waals surface area contributed by atoms with Crippen LogP contribution in [0.1, 0.15) is 125 Å². The molecular formula is C24H51AlO4Ti. The molecule has 0 aliphatic rings. The van der Waals surface area contributed by atoms with Gasteiger partial charge in [-0.3, -0.25) is 4.79 Å². The second kappa shape index (κ2) is 29.4. The van der Waals surface area contributed by atoms with Crippen LogP contribution in [0.25, 0.3) is 0 Å². The fourth-order valence-electron chi connectivity index (χ4n) is 2.57. The second-order valence-corrected chi connectivity index (χ2v) is 9.14. The van der Waals surface area contributed by atoms with Gasteiger partial charge in [0.05, 0.1) is 0 Å². The van der Waals surface area contributed by atoms with Crippen molar-refractivity contribution in [3.63, 3.8) is 0 Å². The molecule has 0 aromatic carbocycles. The Bertz CT molecular complexity index is 355. The van der Waals surface area contributed by atoms with Crippen LogP contribution in [0.3, 0.4) is 0 Å². The molecule has 0 amide bonds. The number of allylic oxidation sites excluding steroid dienone is 2. The average molecular weight is 479 g/mol. The Morgan fingerprint density at radius 3 is 1.57 bits per heavy atom. The first-order valence-corrected chi connectivity index (χ1v) is 13.1. The first-order chi connectivity index (χ1) is 13.9. The Kier molecular flexibility index (Phi) is 34.3. The molecule has 0 atom stereocenters. The molecule has 0 saturated carbocycles. The number of carbonyl (C=O) groups is 1. The van der Waals surface area contributed by atoms with E-state index < -0.39 is 25.9 Å². The topological polar surface area (TPSA) is 55.8 Å². The summed E-state index contributed by atoms with van der Waals surface area (Å²) >= 11 is -0.574. The molecule has 0 rings (SSSR count). The first-order valence-electron chi connectivity index (χ1n) is 11.8. The van der Waals surface area contributed by atoms with Crippen LogP contribution in [0.15, 0.2) is 12.2 Å². The van der Waals surface area contributed by atoms with Crippen molar-refractivity contribution in [3.8, 4) is 0 Å². The molecule has 0 spiro atoms. The van der Waals surface area contributed by atoms with Crippen LogP contribution in [0.5, 0.6) is 0 Å². The van der Waals surface area contributed by atoms with Crippen molar-refractivity contribution < 1.29 is 36.5 Å². The Morgan fingerprint density at radius 1 is 0.767 bits per heavy atom. The Labute approximate surface area is 208 Å². The van der Waals surface area contributed by atoms with Crippen molar-refractivity contribution >= 4 is 23.3 Å². The quantitative estimate of drug-likeness (QED) is 0.128. The number of unbranched alkanes of at least 4 members (excludes halogenated alkanes) is 11. The van der Waals surface area contributed by atoms with E-state index in [0.717, 1.165) is 12.8 Å². The van der Waals surface area contributed by atoms with E-state index in [1.807, 2.05) is 27.7 Å². The Morgan fingerprint density at radius 2 is 1.17 bits per heavy atom. The van der Waals surface area contributed by atoms with Crippen molar-refractivity contribution in [3.05, 3.63) is 12.2 Å². The number of aliphatic carboxylic acids is 1. The molecule has 0 aromatic rings. The van der Waals surface area contributed by atoms with Crippen molar-refractivity contribution in [2.75, 3.05) is 0 Å². The van der Waals surface area contributed by atoms with Gasteiger partial charge in [-0.1, -0.05) is 70.4 Å². The van der Waals surface area contributed by atoms with Crippen molar-refractivity contribution in [1.82, 2.24) is 0 Å². The van der Waals surface area contributed by atoms with Gasteiger partial charge >= 0.3 is 72.4 Å². The van der Waals surface area contributed by atoms with Gasteiger partial charge in [0.1, 0.15) is 0 Å². The number of hydrogen-bond donors (Lipinski definition) is 1. The molecule has 0 unspecified atom stereocenters. The number of carboxylic acid groups (broad SMARTS) is 1. The summed E-state index contributed by atoms with van der Waals surface area (Å²) < 4.78 is 10.5. The predicted octanol–water partition coefficient (Wildman–Crippen LogP) is 6.67. The molecule has 0 saturated heterocycles. The van der Waals surface area contributed by atoms with Gasteiger partial charge in [0.25, 0.3) is 0 Å². The molecule has 0 fully saturated rings. The molecule has 0 bridgehead atoms. The van der Waals surface area contributed by atoms with E-state index in [9.17, 15) is 4.79 Å². The van der Waals surface area contributed by atoms with Crippen molar-refractivity contribution in [1.29, 1.82) is 0 Å². The maximum absolute atomic E-state index is 10.3. The Balaban J connectivity index is -0.000000616. The van der Waals surface area contributed by atoms with E-state index in [1.165, 1.54) is 70.6 Å². The monoisotopic (exact) mass is 478 g/mol. The largest absolute Gasteiger partial charge is 0.481 e. The third-order valence-electron chi connectivity index (χ3n) is 4.22.